The summed E-state index contributed by atoms with van der Waals surface area (Å²) < 4.78 is 13.2. The van der Waals surface area contributed by atoms with Crippen molar-refractivity contribution in [3.63, 3.8) is 0 Å². The van der Waals surface area contributed by atoms with Crippen LogP contribution in [0, 0.1) is 5.82 Å². The van der Waals surface area contributed by atoms with Crippen LogP contribution in [0.15, 0.2) is 24.4 Å². The Morgan fingerprint density at radius 3 is 2.71 bits per heavy atom. The van der Waals surface area contributed by atoms with Gasteiger partial charge in [0.2, 0.25) is 11.9 Å². The molecule has 0 saturated carbocycles. The van der Waals surface area contributed by atoms with Crippen molar-refractivity contribution in [1.82, 2.24) is 9.97 Å². The van der Waals surface area contributed by atoms with E-state index in [9.17, 15) is 9.18 Å². The molecule has 8 heteroatoms. The molecule has 1 saturated heterocycles. The number of carbonyl (C=O) groups is 1. The molecule has 1 amide bonds. The summed E-state index contributed by atoms with van der Waals surface area (Å²) in [5, 5.41) is 2.95. The maximum absolute atomic E-state index is 13.2. The van der Waals surface area contributed by atoms with Crippen LogP contribution in [0.5, 0.6) is 0 Å². The van der Waals surface area contributed by atoms with Gasteiger partial charge in [-0.05, 0) is 43.4 Å². The summed E-state index contributed by atoms with van der Waals surface area (Å²) in [6.07, 6.45) is 5.92. The van der Waals surface area contributed by atoms with E-state index in [1.807, 2.05) is 19.0 Å². The van der Waals surface area contributed by atoms with E-state index in [4.69, 9.17) is 11.6 Å². The fraction of sp³-hybridized carbons (Fsp3) is 0.450. The van der Waals surface area contributed by atoms with Crippen molar-refractivity contribution in [2.75, 3.05) is 42.3 Å². The maximum atomic E-state index is 13.2. The van der Waals surface area contributed by atoms with Crippen molar-refractivity contribution in [2.45, 2.75) is 32.1 Å². The number of aryl methyl sites for hydroxylation is 1. The minimum absolute atomic E-state index is 0.0644. The summed E-state index contributed by atoms with van der Waals surface area (Å²) in [6.45, 7) is 1.91. The van der Waals surface area contributed by atoms with Crippen molar-refractivity contribution in [3.05, 3.63) is 40.8 Å². The van der Waals surface area contributed by atoms with E-state index >= 15 is 0 Å². The summed E-state index contributed by atoms with van der Waals surface area (Å²) in [6, 6.07) is 4.50. The zero-order valence-corrected chi connectivity index (χ0v) is 17.0. The molecular formula is C20H25ClFN5O. The van der Waals surface area contributed by atoms with Crippen molar-refractivity contribution < 1.29 is 9.18 Å². The van der Waals surface area contributed by atoms with E-state index in [0.29, 0.717) is 23.9 Å². The number of rotatable bonds is 6. The molecule has 0 atom stereocenters. The van der Waals surface area contributed by atoms with Crippen LogP contribution in [-0.4, -0.2) is 43.1 Å². The SMILES string of the molecule is CN(C)c1nc(N2CCCCC2)ncc1NC(=O)CCc1ccc(F)c(Cl)c1. The second-order valence-electron chi connectivity index (χ2n) is 7.15. The van der Waals surface area contributed by atoms with Crippen LogP contribution in [0.4, 0.5) is 21.8 Å². The second-order valence-corrected chi connectivity index (χ2v) is 7.55. The van der Waals surface area contributed by atoms with Gasteiger partial charge in [0, 0.05) is 33.6 Å². The van der Waals surface area contributed by atoms with Gasteiger partial charge in [-0.15, -0.1) is 0 Å². The molecule has 0 unspecified atom stereocenters. The summed E-state index contributed by atoms with van der Waals surface area (Å²) in [5.74, 6) is 0.755. The maximum Gasteiger partial charge on any atom is 0.227 e. The van der Waals surface area contributed by atoms with Gasteiger partial charge < -0.3 is 15.1 Å². The number of amides is 1. The molecule has 0 aliphatic carbocycles. The highest BCUT2D eigenvalue weighted by Gasteiger charge is 2.17. The summed E-state index contributed by atoms with van der Waals surface area (Å²) >= 11 is 5.79. The van der Waals surface area contributed by atoms with Crippen molar-refractivity contribution in [3.8, 4) is 0 Å². The predicted molar refractivity (Wildman–Crippen MR) is 111 cm³/mol. The molecule has 0 bridgehead atoms. The topological polar surface area (TPSA) is 61.4 Å². The number of carbonyl (C=O) groups excluding carboxylic acids is 1. The third-order valence-corrected chi connectivity index (χ3v) is 5.01. The van der Waals surface area contributed by atoms with E-state index in [1.54, 1.807) is 18.3 Å². The number of piperidine rings is 1. The van der Waals surface area contributed by atoms with E-state index < -0.39 is 5.82 Å². The molecule has 1 N–H and O–H groups in total. The molecule has 2 aromatic rings. The number of nitrogens with one attached hydrogen (secondary N) is 1. The number of benzene rings is 1. The Morgan fingerprint density at radius 1 is 1.29 bits per heavy atom. The highest BCUT2D eigenvalue weighted by molar-refractivity contribution is 6.30. The molecule has 1 fully saturated rings. The number of anilines is 3. The average Bonchev–Trinajstić information content (AvgIpc) is 2.69. The molecule has 28 heavy (non-hydrogen) atoms. The molecule has 0 spiro atoms. The molecule has 150 valence electrons. The van der Waals surface area contributed by atoms with Crippen molar-refractivity contribution in [1.29, 1.82) is 0 Å². The first-order valence-corrected chi connectivity index (χ1v) is 9.85. The largest absolute Gasteiger partial charge is 0.361 e. The highest BCUT2D eigenvalue weighted by Crippen LogP contribution is 2.25. The normalized spacial score (nSPS) is 14.1. The first kappa shape index (κ1) is 20.3. The van der Waals surface area contributed by atoms with Crippen LogP contribution in [0.25, 0.3) is 0 Å². The Labute approximate surface area is 169 Å². The van der Waals surface area contributed by atoms with Gasteiger partial charge in [-0.25, -0.2) is 9.37 Å². The lowest BCUT2D eigenvalue weighted by molar-refractivity contribution is -0.116. The standard InChI is InChI=1S/C20H25ClFN5O/c1-26(2)19-17(13-23-20(25-19)27-10-4-3-5-11-27)24-18(28)9-7-14-6-8-16(22)15(21)12-14/h6,8,12-13H,3-5,7,9-11H2,1-2H3,(H,24,28). The summed E-state index contributed by atoms with van der Waals surface area (Å²) in [7, 11) is 3.77. The smallest absolute Gasteiger partial charge is 0.227 e. The van der Waals surface area contributed by atoms with E-state index in [1.165, 1.54) is 12.5 Å². The van der Waals surface area contributed by atoms with Gasteiger partial charge in [0.1, 0.15) is 11.5 Å². The highest BCUT2D eigenvalue weighted by atomic mass is 35.5. The van der Waals surface area contributed by atoms with Crippen molar-refractivity contribution in [2.24, 2.45) is 0 Å². The monoisotopic (exact) mass is 405 g/mol. The van der Waals surface area contributed by atoms with Gasteiger partial charge in [0.05, 0.1) is 11.2 Å². The lowest BCUT2D eigenvalue weighted by Crippen LogP contribution is -2.31. The van der Waals surface area contributed by atoms with Gasteiger partial charge in [0.15, 0.2) is 5.82 Å². The van der Waals surface area contributed by atoms with E-state index in [0.717, 1.165) is 31.5 Å². The third kappa shape index (κ3) is 5.10. The van der Waals surface area contributed by atoms with Crippen LogP contribution in [-0.2, 0) is 11.2 Å². The molecule has 1 aromatic heterocycles. The Hall–Kier alpha value is -2.41. The van der Waals surface area contributed by atoms with Gasteiger partial charge >= 0.3 is 0 Å². The number of halogens is 2. The summed E-state index contributed by atoms with van der Waals surface area (Å²) in [5.41, 5.74) is 1.39. The number of hydrogen-bond acceptors (Lipinski definition) is 5. The Balaban J connectivity index is 1.66. The molecule has 0 radical (unpaired) electrons. The number of nitrogens with zero attached hydrogens (tertiary/aromatic N) is 4. The van der Waals surface area contributed by atoms with E-state index in [2.05, 4.69) is 20.2 Å². The Kier molecular flexibility index (Phi) is 6.67. The molecular weight excluding hydrogens is 381 g/mol. The van der Waals surface area contributed by atoms with Crippen LogP contribution in [0.2, 0.25) is 5.02 Å². The summed E-state index contributed by atoms with van der Waals surface area (Å²) in [4.78, 5) is 25.6. The average molecular weight is 406 g/mol. The number of aromatic nitrogens is 2. The lowest BCUT2D eigenvalue weighted by atomic mass is 10.1. The van der Waals surface area contributed by atoms with Crippen LogP contribution in [0.1, 0.15) is 31.2 Å². The Bertz CT molecular complexity index is 839. The molecule has 3 rings (SSSR count). The molecule has 2 heterocycles. The predicted octanol–water partition coefficient (Wildman–Crippen LogP) is 3.90. The molecule has 1 aliphatic heterocycles. The zero-order chi connectivity index (χ0) is 20.1. The fourth-order valence-electron chi connectivity index (χ4n) is 3.20. The van der Waals surface area contributed by atoms with Gasteiger partial charge in [0.25, 0.3) is 0 Å². The van der Waals surface area contributed by atoms with Crippen LogP contribution >= 0.6 is 11.6 Å². The fourth-order valence-corrected chi connectivity index (χ4v) is 3.41. The lowest BCUT2D eigenvalue weighted by Gasteiger charge is -2.28. The minimum Gasteiger partial charge on any atom is -0.361 e. The first-order valence-electron chi connectivity index (χ1n) is 9.47. The Morgan fingerprint density at radius 2 is 2.04 bits per heavy atom. The zero-order valence-electron chi connectivity index (χ0n) is 16.2. The first-order chi connectivity index (χ1) is 13.4. The molecule has 1 aromatic carbocycles. The molecule has 1 aliphatic rings. The second kappa shape index (κ2) is 9.19. The third-order valence-electron chi connectivity index (χ3n) is 4.72. The van der Waals surface area contributed by atoms with Crippen LogP contribution in [0.3, 0.4) is 0 Å². The van der Waals surface area contributed by atoms with E-state index in [-0.39, 0.29) is 17.4 Å². The molecule has 6 nitrogen and oxygen atoms in total. The number of hydrogen-bond donors (Lipinski definition) is 1. The minimum atomic E-state index is -0.462. The van der Waals surface area contributed by atoms with Gasteiger partial charge in [-0.1, -0.05) is 17.7 Å². The van der Waals surface area contributed by atoms with Crippen molar-refractivity contribution >= 4 is 35.0 Å². The van der Waals surface area contributed by atoms with Gasteiger partial charge in [-0.3, -0.25) is 4.79 Å². The quantitative estimate of drug-likeness (QED) is 0.789. The van der Waals surface area contributed by atoms with Gasteiger partial charge in [-0.2, -0.15) is 4.98 Å². The van der Waals surface area contributed by atoms with Crippen LogP contribution < -0.4 is 15.1 Å².